The van der Waals surface area contributed by atoms with Crippen LogP contribution in [0.4, 0.5) is 9.93 Å². The number of thiazole rings is 1. The number of carbonyl (C=O) groups is 1. The van der Waals surface area contributed by atoms with Crippen LogP contribution >= 0.6 is 22.7 Å². The van der Waals surface area contributed by atoms with Crippen molar-refractivity contribution in [3.8, 4) is 0 Å². The molecule has 0 bridgehead atoms. The molecule has 0 aliphatic carbocycles. The van der Waals surface area contributed by atoms with Gasteiger partial charge in [0.15, 0.2) is 5.13 Å². The molecule has 2 aliphatic rings. The maximum absolute atomic E-state index is 12.6. The lowest BCUT2D eigenvalue weighted by atomic mass is 10.2. The van der Waals surface area contributed by atoms with E-state index in [-0.39, 0.29) is 6.03 Å². The Hall–Kier alpha value is -1.64. The number of aromatic nitrogens is 1. The first kappa shape index (κ1) is 17.8. The average Bonchev–Trinajstić information content (AvgIpc) is 3.45. The Bertz CT molecular complexity index is 677. The van der Waals surface area contributed by atoms with Gasteiger partial charge in [-0.05, 0) is 37.4 Å². The molecule has 2 aliphatic heterocycles. The predicted octanol–water partition coefficient (Wildman–Crippen LogP) is 2.87. The molecule has 2 aromatic heterocycles. The summed E-state index contributed by atoms with van der Waals surface area (Å²) in [7, 11) is 0. The number of rotatable bonds is 5. The fourth-order valence-electron chi connectivity index (χ4n) is 3.71. The van der Waals surface area contributed by atoms with Crippen LogP contribution in [0.25, 0.3) is 0 Å². The minimum Gasteiger partial charge on any atom is -0.345 e. The van der Waals surface area contributed by atoms with Gasteiger partial charge in [-0.15, -0.1) is 22.7 Å². The van der Waals surface area contributed by atoms with Crippen LogP contribution in [0.2, 0.25) is 0 Å². The maximum Gasteiger partial charge on any atom is 0.317 e. The molecule has 2 saturated heterocycles. The van der Waals surface area contributed by atoms with Gasteiger partial charge in [-0.1, -0.05) is 6.07 Å². The Kier molecular flexibility index (Phi) is 5.72. The lowest BCUT2D eigenvalue weighted by Crippen LogP contribution is -2.52. The average molecular weight is 392 g/mol. The van der Waals surface area contributed by atoms with E-state index in [4.69, 9.17) is 0 Å². The lowest BCUT2D eigenvalue weighted by Gasteiger charge is -2.35. The Balaban J connectivity index is 1.30. The highest BCUT2D eigenvalue weighted by Gasteiger charge is 2.27. The van der Waals surface area contributed by atoms with E-state index in [0.29, 0.717) is 12.6 Å². The summed E-state index contributed by atoms with van der Waals surface area (Å²) in [5.74, 6) is 0. The summed E-state index contributed by atoms with van der Waals surface area (Å²) in [6, 6.07) is 4.65. The van der Waals surface area contributed by atoms with Gasteiger partial charge >= 0.3 is 6.03 Å². The molecule has 2 fully saturated rings. The number of amides is 2. The molecule has 0 saturated carbocycles. The Morgan fingerprint density at radius 2 is 1.92 bits per heavy atom. The van der Waals surface area contributed by atoms with E-state index in [1.807, 2.05) is 16.5 Å². The van der Waals surface area contributed by atoms with Gasteiger partial charge in [0.1, 0.15) is 0 Å². The van der Waals surface area contributed by atoms with Crippen LogP contribution in [0.5, 0.6) is 0 Å². The second-order valence-corrected chi connectivity index (χ2v) is 8.60. The van der Waals surface area contributed by atoms with Crippen molar-refractivity contribution in [3.05, 3.63) is 34.0 Å². The predicted molar refractivity (Wildman–Crippen MR) is 107 cm³/mol. The molecule has 6 nitrogen and oxygen atoms in total. The second-order valence-electron chi connectivity index (χ2n) is 6.75. The molecule has 2 amide bonds. The van der Waals surface area contributed by atoms with Crippen LogP contribution in [0.3, 0.4) is 0 Å². The number of likely N-dealkylation sites (tertiary alicyclic amines) is 1. The summed E-state index contributed by atoms with van der Waals surface area (Å²) < 4.78 is 0. The summed E-state index contributed by atoms with van der Waals surface area (Å²) in [6.07, 6.45) is 4.35. The van der Waals surface area contributed by atoms with Gasteiger partial charge in [0, 0.05) is 49.2 Å². The van der Waals surface area contributed by atoms with Gasteiger partial charge < -0.3 is 15.1 Å². The van der Waals surface area contributed by atoms with Gasteiger partial charge in [0.2, 0.25) is 0 Å². The third kappa shape index (κ3) is 4.02. The van der Waals surface area contributed by atoms with Crippen LogP contribution < -0.4 is 10.2 Å². The molecule has 1 unspecified atom stereocenters. The fourth-order valence-corrected chi connectivity index (χ4v) is 5.27. The number of urea groups is 1. The normalized spacial score (nSPS) is 19.7. The van der Waals surface area contributed by atoms with Crippen molar-refractivity contribution in [2.24, 2.45) is 0 Å². The Morgan fingerprint density at radius 1 is 1.12 bits per heavy atom. The molecule has 0 radical (unpaired) electrons. The van der Waals surface area contributed by atoms with Crippen LogP contribution in [-0.4, -0.2) is 66.6 Å². The molecule has 2 aromatic rings. The number of anilines is 1. The number of carbonyl (C=O) groups excluding carboxylic acids is 1. The highest BCUT2D eigenvalue weighted by atomic mass is 32.1. The van der Waals surface area contributed by atoms with Crippen molar-refractivity contribution in [2.75, 3.05) is 50.7 Å². The fraction of sp³-hybridized carbons (Fsp3) is 0.556. The zero-order valence-electron chi connectivity index (χ0n) is 14.8. The van der Waals surface area contributed by atoms with E-state index in [9.17, 15) is 4.79 Å². The minimum absolute atomic E-state index is 0.0598. The summed E-state index contributed by atoms with van der Waals surface area (Å²) >= 11 is 3.44. The zero-order valence-corrected chi connectivity index (χ0v) is 16.5. The molecule has 26 heavy (non-hydrogen) atoms. The minimum atomic E-state index is 0.0598. The number of nitrogens with one attached hydrogen (secondary N) is 1. The second kappa shape index (κ2) is 8.37. The van der Waals surface area contributed by atoms with Crippen molar-refractivity contribution < 1.29 is 4.79 Å². The number of nitrogens with zero attached hydrogens (tertiary/aromatic N) is 4. The summed E-state index contributed by atoms with van der Waals surface area (Å²) in [4.78, 5) is 25.1. The van der Waals surface area contributed by atoms with Gasteiger partial charge in [0.25, 0.3) is 0 Å². The number of hydrogen-bond donors (Lipinski definition) is 1. The third-order valence-electron chi connectivity index (χ3n) is 5.16. The van der Waals surface area contributed by atoms with E-state index < -0.39 is 0 Å². The summed E-state index contributed by atoms with van der Waals surface area (Å²) in [5.41, 5.74) is 0. The molecule has 1 atom stereocenters. The Morgan fingerprint density at radius 3 is 2.58 bits per heavy atom. The van der Waals surface area contributed by atoms with Crippen LogP contribution in [0.15, 0.2) is 29.1 Å². The van der Waals surface area contributed by atoms with Crippen LogP contribution in [-0.2, 0) is 0 Å². The number of hydrogen-bond acceptors (Lipinski definition) is 6. The molecule has 4 heterocycles. The molecule has 1 N–H and O–H groups in total. The summed E-state index contributed by atoms with van der Waals surface area (Å²) in [6.45, 7) is 6.14. The van der Waals surface area contributed by atoms with Crippen molar-refractivity contribution in [1.29, 1.82) is 0 Å². The van der Waals surface area contributed by atoms with E-state index in [1.54, 1.807) is 22.7 Å². The van der Waals surface area contributed by atoms with E-state index in [2.05, 4.69) is 37.6 Å². The molecule has 140 valence electrons. The van der Waals surface area contributed by atoms with Gasteiger partial charge in [-0.3, -0.25) is 4.90 Å². The molecule has 0 spiro atoms. The summed E-state index contributed by atoms with van der Waals surface area (Å²) in [5, 5.41) is 8.36. The van der Waals surface area contributed by atoms with E-state index >= 15 is 0 Å². The first-order valence-corrected chi connectivity index (χ1v) is 11.0. The first-order chi connectivity index (χ1) is 12.8. The Labute approximate surface area is 162 Å². The van der Waals surface area contributed by atoms with Crippen molar-refractivity contribution in [2.45, 2.75) is 18.9 Å². The maximum atomic E-state index is 12.6. The van der Waals surface area contributed by atoms with Crippen molar-refractivity contribution in [3.63, 3.8) is 0 Å². The highest BCUT2D eigenvalue weighted by Crippen LogP contribution is 2.28. The number of piperazine rings is 1. The topological polar surface area (TPSA) is 51.7 Å². The number of thiophene rings is 1. The first-order valence-electron chi connectivity index (χ1n) is 9.26. The standard InChI is InChI=1S/C18H25N5OS2/c24-17(22-8-10-23(11-9-22)18-19-5-13-26-18)20-14-15(16-4-3-12-25-16)21-6-1-2-7-21/h3-5,12-13,15H,1-2,6-11,14H2,(H,20,24). The van der Waals surface area contributed by atoms with E-state index in [0.717, 1.165) is 44.4 Å². The molecule has 0 aromatic carbocycles. The molecule has 8 heteroatoms. The quantitative estimate of drug-likeness (QED) is 0.852. The molecule has 4 rings (SSSR count). The monoisotopic (exact) mass is 391 g/mol. The largest absolute Gasteiger partial charge is 0.345 e. The smallest absolute Gasteiger partial charge is 0.317 e. The van der Waals surface area contributed by atoms with Crippen molar-refractivity contribution >= 4 is 33.8 Å². The van der Waals surface area contributed by atoms with Crippen LogP contribution in [0.1, 0.15) is 23.8 Å². The SMILES string of the molecule is O=C(NCC(c1cccs1)N1CCCC1)N1CCN(c2nccs2)CC1. The lowest BCUT2D eigenvalue weighted by molar-refractivity contribution is 0.185. The van der Waals surface area contributed by atoms with Crippen molar-refractivity contribution in [1.82, 2.24) is 20.1 Å². The van der Waals surface area contributed by atoms with Gasteiger partial charge in [0.05, 0.1) is 6.04 Å². The zero-order chi connectivity index (χ0) is 17.8. The van der Waals surface area contributed by atoms with Crippen LogP contribution in [0, 0.1) is 0 Å². The highest BCUT2D eigenvalue weighted by molar-refractivity contribution is 7.13. The molecular weight excluding hydrogens is 366 g/mol. The van der Waals surface area contributed by atoms with Gasteiger partial charge in [-0.25, -0.2) is 9.78 Å². The third-order valence-corrected chi connectivity index (χ3v) is 6.96. The molecular formula is C18H25N5OS2. The van der Waals surface area contributed by atoms with Gasteiger partial charge in [-0.2, -0.15) is 0 Å². The van der Waals surface area contributed by atoms with E-state index in [1.165, 1.54) is 17.7 Å².